The van der Waals surface area contributed by atoms with E-state index < -0.39 is 0 Å². The van der Waals surface area contributed by atoms with E-state index >= 15 is 0 Å². The Kier molecular flexibility index (Phi) is 6.37. The Morgan fingerprint density at radius 1 is 0.906 bits per heavy atom. The van der Waals surface area contributed by atoms with E-state index in [1.165, 1.54) is 6.07 Å². The predicted molar refractivity (Wildman–Crippen MR) is 119 cm³/mol. The first-order valence-corrected chi connectivity index (χ1v) is 10.4. The molecular weight excluding hydrogens is 406 g/mol. The molecule has 1 fully saturated rings. The fraction of sp³-hybridized carbons (Fsp3) is 0.200. The fourth-order valence-corrected chi connectivity index (χ4v) is 3.86. The van der Waals surface area contributed by atoms with Crippen LogP contribution in [-0.2, 0) is 0 Å². The zero-order valence-electron chi connectivity index (χ0n) is 17.3. The van der Waals surface area contributed by atoms with Crippen LogP contribution in [0, 0.1) is 5.92 Å². The number of pyridine rings is 1. The van der Waals surface area contributed by atoms with Gasteiger partial charge in [-0.2, -0.15) is 0 Å². The Bertz CT molecular complexity index is 1130. The zero-order valence-corrected chi connectivity index (χ0v) is 17.3. The van der Waals surface area contributed by atoms with Gasteiger partial charge in [0.15, 0.2) is 11.6 Å². The number of ketones is 2. The van der Waals surface area contributed by atoms with E-state index in [9.17, 15) is 19.5 Å². The lowest BCUT2D eigenvalue weighted by Gasteiger charge is -2.19. The summed E-state index contributed by atoms with van der Waals surface area (Å²) < 4.78 is 0. The number of Topliss-reactive ketones (excluding diaryl/α,β-unsaturated/α-hetero) is 1. The number of aromatic nitrogens is 1. The van der Waals surface area contributed by atoms with Gasteiger partial charge in [0.2, 0.25) is 0 Å². The first-order valence-electron chi connectivity index (χ1n) is 10.4. The van der Waals surface area contributed by atoms with Gasteiger partial charge in [-0.25, -0.2) is 0 Å². The van der Waals surface area contributed by atoms with Crippen LogP contribution >= 0.6 is 0 Å². The molecule has 1 aliphatic heterocycles. The summed E-state index contributed by atoms with van der Waals surface area (Å²) in [4.78, 5) is 41.8. The van der Waals surface area contributed by atoms with Gasteiger partial charge in [-0.05, 0) is 24.3 Å². The van der Waals surface area contributed by atoms with E-state index in [0.29, 0.717) is 29.8 Å². The number of nitrogens with one attached hydrogen (secondary N) is 2. The molecular formula is C25H23N3O4. The SMILES string of the molecule is O=C(C[C@@H]1CNC[C@H]1NC(=O)c1ccncc1)c1ccc(C(=O)c2ccccc2O)cc1. The van der Waals surface area contributed by atoms with E-state index in [2.05, 4.69) is 15.6 Å². The van der Waals surface area contributed by atoms with Gasteiger partial charge < -0.3 is 15.7 Å². The maximum absolute atomic E-state index is 12.8. The van der Waals surface area contributed by atoms with E-state index in [4.69, 9.17) is 0 Å². The van der Waals surface area contributed by atoms with Crippen LogP contribution in [0.15, 0.2) is 73.1 Å². The van der Waals surface area contributed by atoms with Crippen LogP contribution < -0.4 is 10.6 Å². The van der Waals surface area contributed by atoms with Gasteiger partial charge in [-0.1, -0.05) is 36.4 Å². The van der Waals surface area contributed by atoms with Crippen molar-refractivity contribution in [3.8, 4) is 5.75 Å². The molecule has 0 radical (unpaired) electrons. The van der Waals surface area contributed by atoms with Crippen LogP contribution in [-0.4, -0.2) is 46.7 Å². The average Bonchev–Trinajstić information content (AvgIpc) is 3.26. The maximum atomic E-state index is 12.8. The van der Waals surface area contributed by atoms with E-state index in [-0.39, 0.29) is 47.2 Å². The van der Waals surface area contributed by atoms with Crippen molar-refractivity contribution in [3.63, 3.8) is 0 Å². The second-order valence-corrected chi connectivity index (χ2v) is 7.79. The largest absolute Gasteiger partial charge is 0.507 e. The summed E-state index contributed by atoms with van der Waals surface area (Å²) >= 11 is 0. The monoisotopic (exact) mass is 429 g/mol. The van der Waals surface area contributed by atoms with Crippen LogP contribution in [0.3, 0.4) is 0 Å². The van der Waals surface area contributed by atoms with Crippen molar-refractivity contribution in [1.82, 2.24) is 15.6 Å². The van der Waals surface area contributed by atoms with Crippen LogP contribution in [0.1, 0.15) is 43.1 Å². The molecule has 0 saturated carbocycles. The van der Waals surface area contributed by atoms with Crippen molar-refractivity contribution in [2.24, 2.45) is 5.92 Å². The highest BCUT2D eigenvalue weighted by molar-refractivity contribution is 6.11. The standard InChI is InChI=1S/C25H23N3O4/c29-22-4-2-1-3-20(22)24(31)17-7-5-16(6-8-17)23(30)13-19-14-27-15-21(19)28-25(32)18-9-11-26-12-10-18/h1-12,19,21,27,29H,13-15H2,(H,28,32)/t19-,21-/m1/s1. The first kappa shape index (κ1) is 21.4. The molecule has 162 valence electrons. The minimum Gasteiger partial charge on any atom is -0.507 e. The number of para-hydroxylation sites is 1. The van der Waals surface area contributed by atoms with E-state index in [1.807, 2.05) is 0 Å². The number of phenols is 1. The van der Waals surface area contributed by atoms with Gasteiger partial charge in [0.05, 0.1) is 5.56 Å². The molecule has 2 heterocycles. The number of hydrogen-bond acceptors (Lipinski definition) is 6. The minimum absolute atomic E-state index is 0.0316. The smallest absolute Gasteiger partial charge is 0.251 e. The van der Waals surface area contributed by atoms with Gasteiger partial charge in [0.25, 0.3) is 5.91 Å². The van der Waals surface area contributed by atoms with Gasteiger partial charge in [-0.15, -0.1) is 0 Å². The Morgan fingerprint density at radius 3 is 2.31 bits per heavy atom. The minimum atomic E-state index is -0.305. The number of hydrogen-bond donors (Lipinski definition) is 3. The van der Waals surface area contributed by atoms with Crippen molar-refractivity contribution in [1.29, 1.82) is 0 Å². The van der Waals surface area contributed by atoms with Crippen LogP contribution in [0.2, 0.25) is 0 Å². The number of carbonyl (C=O) groups excluding carboxylic acids is 3. The van der Waals surface area contributed by atoms with Crippen molar-refractivity contribution in [3.05, 3.63) is 95.3 Å². The number of phenolic OH excluding ortho intramolecular Hbond substituents is 1. The number of nitrogens with zero attached hydrogens (tertiary/aromatic N) is 1. The van der Waals surface area contributed by atoms with E-state index in [1.54, 1.807) is 67.0 Å². The number of rotatable bonds is 7. The second-order valence-electron chi connectivity index (χ2n) is 7.79. The van der Waals surface area contributed by atoms with Crippen molar-refractivity contribution >= 4 is 17.5 Å². The third kappa shape index (κ3) is 4.73. The molecule has 0 unspecified atom stereocenters. The quantitative estimate of drug-likeness (QED) is 0.498. The zero-order chi connectivity index (χ0) is 22.5. The molecule has 7 heteroatoms. The fourth-order valence-electron chi connectivity index (χ4n) is 3.86. The second kappa shape index (κ2) is 9.53. The summed E-state index contributed by atoms with van der Waals surface area (Å²) in [6.45, 7) is 1.24. The Labute approximate surface area is 185 Å². The van der Waals surface area contributed by atoms with Gasteiger partial charge in [-0.3, -0.25) is 19.4 Å². The lowest BCUT2D eigenvalue weighted by atomic mass is 9.93. The molecule has 3 aromatic rings. The van der Waals surface area contributed by atoms with Crippen LogP contribution in [0.5, 0.6) is 5.75 Å². The highest BCUT2D eigenvalue weighted by Crippen LogP contribution is 2.22. The summed E-state index contributed by atoms with van der Waals surface area (Å²) in [7, 11) is 0. The average molecular weight is 429 g/mol. The number of benzene rings is 2. The molecule has 2 atom stereocenters. The molecule has 7 nitrogen and oxygen atoms in total. The summed E-state index contributed by atoms with van der Waals surface area (Å²) in [5.74, 6) is -0.655. The Balaban J connectivity index is 1.39. The van der Waals surface area contributed by atoms with Gasteiger partial charge in [0.1, 0.15) is 5.75 Å². The highest BCUT2D eigenvalue weighted by atomic mass is 16.3. The summed E-state index contributed by atoms with van der Waals surface area (Å²) in [5.41, 5.74) is 1.65. The number of aromatic hydroxyl groups is 1. The molecule has 0 aliphatic carbocycles. The summed E-state index contributed by atoms with van der Waals surface area (Å²) in [5, 5.41) is 16.1. The summed E-state index contributed by atoms with van der Waals surface area (Å²) in [6.07, 6.45) is 3.41. The lowest BCUT2D eigenvalue weighted by molar-refractivity contribution is 0.0902. The molecule has 2 aromatic carbocycles. The first-order chi connectivity index (χ1) is 15.5. The molecule has 1 amide bonds. The topological polar surface area (TPSA) is 108 Å². The maximum Gasteiger partial charge on any atom is 0.251 e. The van der Waals surface area contributed by atoms with E-state index in [0.717, 1.165) is 0 Å². The highest BCUT2D eigenvalue weighted by Gasteiger charge is 2.30. The molecule has 1 saturated heterocycles. The Morgan fingerprint density at radius 2 is 1.59 bits per heavy atom. The Hall–Kier alpha value is -3.84. The number of carbonyl (C=O) groups is 3. The van der Waals surface area contributed by atoms with Gasteiger partial charge in [0, 0.05) is 60.6 Å². The molecule has 32 heavy (non-hydrogen) atoms. The van der Waals surface area contributed by atoms with Crippen molar-refractivity contribution in [2.75, 3.05) is 13.1 Å². The van der Waals surface area contributed by atoms with Crippen molar-refractivity contribution < 1.29 is 19.5 Å². The molecule has 0 spiro atoms. The molecule has 4 rings (SSSR count). The van der Waals surface area contributed by atoms with Crippen molar-refractivity contribution in [2.45, 2.75) is 12.5 Å². The molecule has 3 N–H and O–H groups in total. The van der Waals surface area contributed by atoms with Crippen LogP contribution in [0.25, 0.3) is 0 Å². The summed E-state index contributed by atoms with van der Waals surface area (Å²) in [6, 6.07) is 15.9. The normalized spacial score (nSPS) is 17.6. The molecule has 0 bridgehead atoms. The molecule has 1 aromatic heterocycles. The number of amides is 1. The predicted octanol–water partition coefficient (Wildman–Crippen LogP) is 2.61. The third-order valence-electron chi connectivity index (χ3n) is 5.66. The third-order valence-corrected chi connectivity index (χ3v) is 5.66. The molecule has 1 aliphatic rings. The van der Waals surface area contributed by atoms with Gasteiger partial charge >= 0.3 is 0 Å². The van der Waals surface area contributed by atoms with Crippen LogP contribution in [0.4, 0.5) is 0 Å². The lowest BCUT2D eigenvalue weighted by Crippen LogP contribution is -2.41.